The standard InChI is InChI=1S/C13H15BrOS/c14-12-8-11(9-16-12)13(15)10-6-4-2-1-3-5-7-10/h6,8-9H,1-5,7H2. The molecular formula is C13H15BrOS. The molecule has 16 heavy (non-hydrogen) atoms. The molecule has 1 aliphatic rings. The number of hydrogen-bond acceptors (Lipinski definition) is 2. The number of allylic oxidation sites excluding steroid dienone is 2. The maximum absolute atomic E-state index is 12.2. The highest BCUT2D eigenvalue weighted by molar-refractivity contribution is 9.11. The zero-order chi connectivity index (χ0) is 11.4. The van der Waals surface area contributed by atoms with Crippen LogP contribution in [0.25, 0.3) is 0 Å². The van der Waals surface area contributed by atoms with Gasteiger partial charge in [0.05, 0.1) is 3.79 Å². The number of carbonyl (C=O) groups is 1. The second-order valence-electron chi connectivity index (χ2n) is 4.15. The third-order valence-corrected chi connectivity index (χ3v) is 4.42. The summed E-state index contributed by atoms with van der Waals surface area (Å²) in [6, 6.07) is 1.92. The second kappa shape index (κ2) is 5.78. The molecular weight excluding hydrogens is 284 g/mol. The highest BCUT2D eigenvalue weighted by Crippen LogP contribution is 2.25. The van der Waals surface area contributed by atoms with Gasteiger partial charge in [-0.2, -0.15) is 0 Å². The number of ketones is 1. The van der Waals surface area contributed by atoms with E-state index in [9.17, 15) is 4.79 Å². The lowest BCUT2D eigenvalue weighted by molar-refractivity contribution is 0.103. The molecule has 0 amide bonds. The monoisotopic (exact) mass is 298 g/mol. The molecule has 86 valence electrons. The van der Waals surface area contributed by atoms with E-state index in [0.29, 0.717) is 0 Å². The second-order valence-corrected chi connectivity index (χ2v) is 6.44. The Morgan fingerprint density at radius 3 is 2.81 bits per heavy atom. The van der Waals surface area contributed by atoms with Gasteiger partial charge >= 0.3 is 0 Å². The summed E-state index contributed by atoms with van der Waals surface area (Å²) < 4.78 is 1.03. The van der Waals surface area contributed by atoms with Crippen molar-refractivity contribution >= 4 is 33.0 Å². The number of rotatable bonds is 2. The lowest BCUT2D eigenvalue weighted by atomic mass is 9.95. The van der Waals surface area contributed by atoms with E-state index in [-0.39, 0.29) is 5.78 Å². The molecule has 1 aliphatic carbocycles. The Labute approximate surface area is 109 Å². The van der Waals surface area contributed by atoms with E-state index in [1.165, 1.54) is 19.3 Å². The molecule has 0 aliphatic heterocycles. The summed E-state index contributed by atoms with van der Waals surface area (Å²) in [7, 11) is 0. The molecule has 0 N–H and O–H groups in total. The summed E-state index contributed by atoms with van der Waals surface area (Å²) in [6.45, 7) is 0. The Balaban J connectivity index is 2.13. The van der Waals surface area contributed by atoms with Crippen molar-refractivity contribution in [3.63, 3.8) is 0 Å². The van der Waals surface area contributed by atoms with Crippen LogP contribution in [0.1, 0.15) is 48.9 Å². The van der Waals surface area contributed by atoms with E-state index < -0.39 is 0 Å². The van der Waals surface area contributed by atoms with Crippen molar-refractivity contribution in [1.82, 2.24) is 0 Å². The third kappa shape index (κ3) is 3.05. The highest BCUT2D eigenvalue weighted by Gasteiger charge is 2.14. The van der Waals surface area contributed by atoms with Crippen LogP contribution in [0.15, 0.2) is 26.9 Å². The summed E-state index contributed by atoms with van der Waals surface area (Å²) in [5.74, 6) is 0.226. The van der Waals surface area contributed by atoms with Gasteiger partial charge in [-0.05, 0) is 53.3 Å². The first-order chi connectivity index (χ1) is 7.77. The predicted octanol–water partition coefficient (Wildman–Crippen LogP) is 4.97. The van der Waals surface area contributed by atoms with Crippen molar-refractivity contribution in [2.45, 2.75) is 38.5 Å². The van der Waals surface area contributed by atoms with Crippen molar-refractivity contribution in [3.8, 4) is 0 Å². The molecule has 2 rings (SSSR count). The predicted molar refractivity (Wildman–Crippen MR) is 72.1 cm³/mol. The largest absolute Gasteiger partial charge is 0.289 e. The maximum atomic E-state index is 12.2. The van der Waals surface area contributed by atoms with E-state index in [0.717, 1.165) is 34.2 Å². The van der Waals surface area contributed by atoms with Gasteiger partial charge in [-0.15, -0.1) is 11.3 Å². The van der Waals surface area contributed by atoms with Crippen LogP contribution < -0.4 is 0 Å². The van der Waals surface area contributed by atoms with Crippen LogP contribution in [0.4, 0.5) is 0 Å². The van der Waals surface area contributed by atoms with E-state index in [1.807, 2.05) is 11.4 Å². The maximum Gasteiger partial charge on any atom is 0.189 e. The van der Waals surface area contributed by atoms with Crippen LogP contribution in [0.5, 0.6) is 0 Å². The Kier molecular flexibility index (Phi) is 4.36. The van der Waals surface area contributed by atoms with Crippen LogP contribution in [-0.2, 0) is 0 Å². The van der Waals surface area contributed by atoms with Crippen LogP contribution in [0, 0.1) is 0 Å². The first-order valence-electron chi connectivity index (χ1n) is 5.75. The topological polar surface area (TPSA) is 17.1 Å². The third-order valence-electron chi connectivity index (χ3n) is 2.91. The van der Waals surface area contributed by atoms with Gasteiger partial charge in [0, 0.05) is 10.9 Å². The molecule has 0 spiro atoms. The first kappa shape index (κ1) is 12.1. The molecule has 0 saturated carbocycles. The number of thiophene rings is 1. The minimum atomic E-state index is 0.226. The molecule has 0 atom stereocenters. The van der Waals surface area contributed by atoms with Gasteiger partial charge in [-0.3, -0.25) is 4.79 Å². The van der Waals surface area contributed by atoms with Crippen molar-refractivity contribution in [2.75, 3.05) is 0 Å². The molecule has 1 aromatic rings. The smallest absolute Gasteiger partial charge is 0.189 e. The molecule has 0 radical (unpaired) electrons. The molecule has 0 bridgehead atoms. The van der Waals surface area contributed by atoms with Crippen LogP contribution in [-0.4, -0.2) is 5.78 Å². The van der Waals surface area contributed by atoms with E-state index in [1.54, 1.807) is 11.3 Å². The Bertz CT molecular complexity index is 406. The Morgan fingerprint density at radius 1 is 1.25 bits per heavy atom. The van der Waals surface area contributed by atoms with Gasteiger partial charge in [-0.1, -0.05) is 18.9 Å². The number of hydrogen-bond donors (Lipinski definition) is 0. The summed E-state index contributed by atoms with van der Waals surface area (Å²) in [6.07, 6.45) is 9.11. The lowest BCUT2D eigenvalue weighted by Crippen LogP contribution is -2.03. The van der Waals surface area contributed by atoms with Crippen LogP contribution >= 0.6 is 27.3 Å². The molecule has 0 aromatic carbocycles. The summed E-state index contributed by atoms with van der Waals surface area (Å²) in [5, 5.41) is 1.94. The van der Waals surface area contributed by atoms with Crippen molar-refractivity contribution in [3.05, 3.63) is 32.4 Å². The zero-order valence-electron chi connectivity index (χ0n) is 9.17. The SMILES string of the molecule is O=C(C1=CCCCCCC1)c1csc(Br)c1. The van der Waals surface area contributed by atoms with E-state index in [2.05, 4.69) is 22.0 Å². The lowest BCUT2D eigenvalue weighted by Gasteiger charge is -2.09. The molecule has 1 nitrogen and oxygen atoms in total. The molecule has 0 unspecified atom stereocenters. The van der Waals surface area contributed by atoms with Gasteiger partial charge in [0.15, 0.2) is 5.78 Å². The summed E-state index contributed by atoms with van der Waals surface area (Å²) >= 11 is 4.97. The van der Waals surface area contributed by atoms with Crippen molar-refractivity contribution < 1.29 is 4.79 Å². The average molecular weight is 299 g/mol. The van der Waals surface area contributed by atoms with Gasteiger partial charge in [0.2, 0.25) is 0 Å². The highest BCUT2D eigenvalue weighted by atomic mass is 79.9. The van der Waals surface area contributed by atoms with Gasteiger partial charge in [0.25, 0.3) is 0 Å². The zero-order valence-corrected chi connectivity index (χ0v) is 11.6. The minimum Gasteiger partial charge on any atom is -0.289 e. The molecule has 1 aromatic heterocycles. The number of carbonyl (C=O) groups excluding carboxylic acids is 1. The van der Waals surface area contributed by atoms with E-state index in [4.69, 9.17) is 0 Å². The van der Waals surface area contributed by atoms with Crippen molar-refractivity contribution in [2.24, 2.45) is 0 Å². The van der Waals surface area contributed by atoms with Gasteiger partial charge < -0.3 is 0 Å². The molecule has 3 heteroatoms. The summed E-state index contributed by atoms with van der Waals surface area (Å²) in [4.78, 5) is 12.2. The number of halogens is 1. The molecule has 0 saturated heterocycles. The van der Waals surface area contributed by atoms with E-state index >= 15 is 0 Å². The Morgan fingerprint density at radius 2 is 2.06 bits per heavy atom. The fourth-order valence-corrected chi connectivity index (χ4v) is 3.15. The average Bonchev–Trinajstić information content (AvgIpc) is 2.63. The molecule has 1 heterocycles. The van der Waals surface area contributed by atoms with Gasteiger partial charge in [-0.25, -0.2) is 0 Å². The fourth-order valence-electron chi connectivity index (χ4n) is 2.01. The number of Topliss-reactive ketones (excluding diaryl/α,β-unsaturated/α-hetero) is 1. The van der Waals surface area contributed by atoms with Crippen molar-refractivity contribution in [1.29, 1.82) is 0 Å². The van der Waals surface area contributed by atoms with Gasteiger partial charge in [0.1, 0.15) is 0 Å². The Hall–Kier alpha value is -0.410. The molecule has 0 fully saturated rings. The summed E-state index contributed by atoms with van der Waals surface area (Å²) in [5.41, 5.74) is 1.86. The van der Waals surface area contributed by atoms with Crippen LogP contribution in [0.2, 0.25) is 0 Å². The fraction of sp³-hybridized carbons (Fsp3) is 0.462. The van der Waals surface area contributed by atoms with Crippen LogP contribution in [0.3, 0.4) is 0 Å². The minimum absolute atomic E-state index is 0.226. The first-order valence-corrected chi connectivity index (χ1v) is 7.42. The quantitative estimate of drug-likeness (QED) is 0.704. The normalized spacial score (nSPS) is 17.4.